The summed E-state index contributed by atoms with van der Waals surface area (Å²) in [7, 11) is 1.61. The first-order valence-electron chi connectivity index (χ1n) is 9.34. The second-order valence-corrected chi connectivity index (χ2v) is 7.94. The average Bonchev–Trinajstić information content (AvgIpc) is 3.33. The Bertz CT molecular complexity index is 1090. The molecule has 1 saturated heterocycles. The topological polar surface area (TPSA) is 55.0 Å². The molecule has 2 aromatic carbocycles. The maximum Gasteiger partial charge on any atom is 0.266 e. The zero-order valence-electron chi connectivity index (χ0n) is 16.2. The van der Waals surface area contributed by atoms with E-state index in [2.05, 4.69) is 4.99 Å². The fourth-order valence-corrected chi connectivity index (χ4v) is 4.04. The Balaban J connectivity index is 1.60. The van der Waals surface area contributed by atoms with Gasteiger partial charge in [0.1, 0.15) is 11.5 Å². The zero-order valence-corrected chi connectivity index (χ0v) is 17.8. The van der Waals surface area contributed by atoms with Crippen molar-refractivity contribution in [3.05, 3.63) is 82.4 Å². The standard InChI is InChI=1S/C23H19ClN2O3S/c1-28-14-13-26-22(27)21(30-23(26)25-18-5-3-2-4-6-18)15-19-11-12-20(29-19)16-7-9-17(24)10-8-16/h2-12,15H,13-14H2,1H3/b21-15+,25-23?. The van der Waals surface area contributed by atoms with Crippen molar-refractivity contribution < 1.29 is 13.9 Å². The molecule has 0 N–H and O–H groups in total. The summed E-state index contributed by atoms with van der Waals surface area (Å²) in [6.45, 7) is 0.856. The third-order valence-electron chi connectivity index (χ3n) is 4.42. The van der Waals surface area contributed by atoms with Crippen LogP contribution in [0.1, 0.15) is 5.76 Å². The Hall–Kier alpha value is -2.80. The fraction of sp³-hybridized carbons (Fsp3) is 0.130. The number of methoxy groups -OCH3 is 1. The minimum absolute atomic E-state index is 0.115. The maximum absolute atomic E-state index is 13.0. The molecule has 1 aliphatic heterocycles. The molecule has 30 heavy (non-hydrogen) atoms. The molecule has 0 bridgehead atoms. The van der Waals surface area contributed by atoms with Crippen molar-refractivity contribution in [1.82, 2.24) is 4.90 Å². The molecule has 0 aliphatic carbocycles. The van der Waals surface area contributed by atoms with Crippen LogP contribution < -0.4 is 0 Å². The molecular formula is C23H19ClN2O3S. The summed E-state index contributed by atoms with van der Waals surface area (Å²) >= 11 is 7.28. The van der Waals surface area contributed by atoms with Gasteiger partial charge in [-0.1, -0.05) is 29.8 Å². The molecule has 0 saturated carbocycles. The molecule has 4 rings (SSSR count). The molecule has 2 heterocycles. The van der Waals surface area contributed by atoms with E-state index in [1.165, 1.54) is 11.8 Å². The molecule has 1 aliphatic rings. The van der Waals surface area contributed by atoms with Crippen LogP contribution in [0, 0.1) is 0 Å². The number of halogens is 1. The van der Waals surface area contributed by atoms with Crippen LogP contribution in [-0.4, -0.2) is 36.2 Å². The van der Waals surface area contributed by atoms with E-state index in [-0.39, 0.29) is 5.91 Å². The first kappa shape index (κ1) is 20.5. The highest BCUT2D eigenvalue weighted by Crippen LogP contribution is 2.35. The van der Waals surface area contributed by atoms with Crippen molar-refractivity contribution in [3.63, 3.8) is 0 Å². The molecule has 0 atom stereocenters. The van der Waals surface area contributed by atoms with E-state index in [0.717, 1.165) is 11.3 Å². The number of amidine groups is 1. The second-order valence-electron chi connectivity index (χ2n) is 6.50. The van der Waals surface area contributed by atoms with Crippen LogP contribution in [-0.2, 0) is 9.53 Å². The molecule has 152 valence electrons. The minimum Gasteiger partial charge on any atom is -0.457 e. The Morgan fingerprint density at radius 2 is 1.87 bits per heavy atom. The van der Waals surface area contributed by atoms with Crippen LogP contribution in [0.5, 0.6) is 0 Å². The first-order valence-corrected chi connectivity index (χ1v) is 10.5. The van der Waals surface area contributed by atoms with E-state index < -0.39 is 0 Å². The van der Waals surface area contributed by atoms with Gasteiger partial charge in [-0.25, -0.2) is 4.99 Å². The summed E-state index contributed by atoms with van der Waals surface area (Å²) < 4.78 is 11.1. The highest BCUT2D eigenvalue weighted by Gasteiger charge is 2.33. The highest BCUT2D eigenvalue weighted by atomic mass is 35.5. The number of ether oxygens (including phenoxy) is 1. The van der Waals surface area contributed by atoms with Crippen molar-refractivity contribution in [3.8, 4) is 11.3 Å². The van der Waals surface area contributed by atoms with Gasteiger partial charge in [0.2, 0.25) is 0 Å². The molecule has 0 unspecified atom stereocenters. The van der Waals surface area contributed by atoms with Crippen molar-refractivity contribution in [2.45, 2.75) is 0 Å². The third-order valence-corrected chi connectivity index (χ3v) is 5.68. The Kier molecular flexibility index (Phi) is 6.38. The number of rotatable bonds is 6. The molecule has 1 aromatic heterocycles. The Morgan fingerprint density at radius 3 is 2.60 bits per heavy atom. The predicted molar refractivity (Wildman–Crippen MR) is 122 cm³/mol. The van der Waals surface area contributed by atoms with Gasteiger partial charge >= 0.3 is 0 Å². The van der Waals surface area contributed by atoms with Crippen LogP contribution in [0.2, 0.25) is 5.02 Å². The average molecular weight is 439 g/mol. The number of para-hydroxylation sites is 1. The Labute approximate surface area is 184 Å². The van der Waals surface area contributed by atoms with Crippen LogP contribution >= 0.6 is 23.4 Å². The minimum atomic E-state index is -0.115. The lowest BCUT2D eigenvalue weighted by molar-refractivity contribution is -0.122. The second kappa shape index (κ2) is 9.34. The molecule has 0 spiro atoms. The molecule has 3 aromatic rings. The molecular weight excluding hydrogens is 420 g/mol. The van der Waals surface area contributed by atoms with E-state index in [0.29, 0.717) is 39.8 Å². The number of thioether (sulfide) groups is 1. The number of aliphatic imine (C=N–C) groups is 1. The van der Waals surface area contributed by atoms with E-state index in [1.54, 1.807) is 18.1 Å². The van der Waals surface area contributed by atoms with Crippen LogP contribution in [0.15, 0.2) is 81.0 Å². The summed E-state index contributed by atoms with van der Waals surface area (Å²) in [5, 5.41) is 1.29. The van der Waals surface area contributed by atoms with Gasteiger partial charge in [0.25, 0.3) is 5.91 Å². The van der Waals surface area contributed by atoms with Crippen molar-refractivity contribution >= 4 is 46.2 Å². The van der Waals surface area contributed by atoms with Gasteiger partial charge in [0.05, 0.1) is 23.7 Å². The van der Waals surface area contributed by atoms with Crippen molar-refractivity contribution in [2.24, 2.45) is 4.99 Å². The number of carbonyl (C=O) groups excluding carboxylic acids is 1. The molecule has 5 nitrogen and oxygen atoms in total. The van der Waals surface area contributed by atoms with E-state index in [1.807, 2.05) is 66.7 Å². The number of benzene rings is 2. The van der Waals surface area contributed by atoms with E-state index in [4.69, 9.17) is 20.8 Å². The van der Waals surface area contributed by atoms with Gasteiger partial charge in [-0.2, -0.15) is 0 Å². The largest absolute Gasteiger partial charge is 0.457 e. The monoisotopic (exact) mass is 438 g/mol. The SMILES string of the molecule is COCCN1C(=O)/C(=C\c2ccc(-c3ccc(Cl)cc3)o2)SC1=Nc1ccccc1. The van der Waals surface area contributed by atoms with Crippen molar-refractivity contribution in [1.29, 1.82) is 0 Å². The van der Waals surface area contributed by atoms with Crippen molar-refractivity contribution in [2.75, 3.05) is 20.3 Å². The summed E-state index contributed by atoms with van der Waals surface area (Å²) in [4.78, 5) is 19.8. The predicted octanol–water partition coefficient (Wildman–Crippen LogP) is 5.85. The lowest BCUT2D eigenvalue weighted by Gasteiger charge is -2.14. The molecule has 7 heteroatoms. The van der Waals surface area contributed by atoms with E-state index in [9.17, 15) is 4.79 Å². The van der Waals surface area contributed by atoms with Gasteiger partial charge in [-0.15, -0.1) is 0 Å². The Morgan fingerprint density at radius 1 is 1.10 bits per heavy atom. The molecule has 0 radical (unpaired) electrons. The summed E-state index contributed by atoms with van der Waals surface area (Å²) in [5.41, 5.74) is 1.71. The summed E-state index contributed by atoms with van der Waals surface area (Å²) in [6.07, 6.45) is 1.75. The van der Waals surface area contributed by atoms with Gasteiger partial charge < -0.3 is 9.15 Å². The lowest BCUT2D eigenvalue weighted by Crippen LogP contribution is -2.32. The quantitative estimate of drug-likeness (QED) is 0.453. The smallest absolute Gasteiger partial charge is 0.266 e. The van der Waals surface area contributed by atoms with Gasteiger partial charge in [0.15, 0.2) is 5.17 Å². The third kappa shape index (κ3) is 4.67. The highest BCUT2D eigenvalue weighted by molar-refractivity contribution is 8.18. The van der Waals surface area contributed by atoms with Crippen LogP contribution in [0.25, 0.3) is 17.4 Å². The number of nitrogens with zero attached hydrogens (tertiary/aromatic N) is 2. The zero-order chi connectivity index (χ0) is 20.9. The lowest BCUT2D eigenvalue weighted by atomic mass is 10.2. The van der Waals surface area contributed by atoms with Crippen LogP contribution in [0.3, 0.4) is 0 Å². The van der Waals surface area contributed by atoms with Gasteiger partial charge in [-0.3, -0.25) is 9.69 Å². The van der Waals surface area contributed by atoms with E-state index >= 15 is 0 Å². The number of hydrogen-bond donors (Lipinski definition) is 0. The van der Waals surface area contributed by atoms with Gasteiger partial charge in [0, 0.05) is 23.8 Å². The number of furan rings is 1. The number of hydrogen-bond acceptors (Lipinski definition) is 5. The number of amides is 1. The summed E-state index contributed by atoms with van der Waals surface area (Å²) in [6, 6.07) is 20.7. The maximum atomic E-state index is 13.0. The summed E-state index contributed by atoms with van der Waals surface area (Å²) in [5.74, 6) is 1.20. The van der Waals surface area contributed by atoms with Gasteiger partial charge in [-0.05, 0) is 60.3 Å². The fourth-order valence-electron chi connectivity index (χ4n) is 2.91. The first-order chi connectivity index (χ1) is 14.6. The number of carbonyl (C=O) groups is 1. The normalized spacial score (nSPS) is 16.7. The molecule has 1 amide bonds. The molecule has 1 fully saturated rings. The van der Waals surface area contributed by atoms with Crippen LogP contribution in [0.4, 0.5) is 5.69 Å².